The molecule has 0 radical (unpaired) electrons. The normalized spacial score (nSPS) is 29.4. The van der Waals surface area contributed by atoms with Gasteiger partial charge < -0.3 is 15.3 Å². The van der Waals surface area contributed by atoms with Crippen molar-refractivity contribution in [1.82, 2.24) is 10.2 Å². The molecule has 2 aliphatic rings. The fourth-order valence-electron chi connectivity index (χ4n) is 2.73. The van der Waals surface area contributed by atoms with Gasteiger partial charge in [-0.3, -0.25) is 4.79 Å². The van der Waals surface area contributed by atoms with Gasteiger partial charge in [-0.15, -0.1) is 0 Å². The molecule has 2 atom stereocenters. The van der Waals surface area contributed by atoms with Crippen LogP contribution in [-0.4, -0.2) is 48.2 Å². The molecule has 0 aromatic rings. The monoisotopic (exact) mass is 226 g/mol. The second-order valence-corrected chi connectivity index (χ2v) is 5.09. The first-order valence-corrected chi connectivity index (χ1v) is 6.36. The van der Waals surface area contributed by atoms with E-state index >= 15 is 0 Å². The summed E-state index contributed by atoms with van der Waals surface area (Å²) in [7, 11) is 0. The molecule has 4 heteroatoms. The molecule has 0 aliphatic carbocycles. The van der Waals surface area contributed by atoms with Gasteiger partial charge >= 0.3 is 0 Å². The lowest BCUT2D eigenvalue weighted by Gasteiger charge is -2.34. The van der Waals surface area contributed by atoms with E-state index in [1.807, 2.05) is 11.8 Å². The molecular weight excluding hydrogens is 204 g/mol. The highest BCUT2D eigenvalue weighted by atomic mass is 16.3. The molecule has 2 aliphatic heterocycles. The van der Waals surface area contributed by atoms with Crippen molar-refractivity contribution in [3.8, 4) is 0 Å². The molecule has 16 heavy (non-hydrogen) atoms. The Morgan fingerprint density at radius 2 is 2.06 bits per heavy atom. The van der Waals surface area contributed by atoms with E-state index in [1.54, 1.807) is 0 Å². The molecule has 0 bridgehead atoms. The molecule has 0 unspecified atom stereocenters. The summed E-state index contributed by atoms with van der Waals surface area (Å²) in [5.74, 6) is 0.892. The van der Waals surface area contributed by atoms with Crippen LogP contribution in [0.1, 0.15) is 26.2 Å². The molecule has 2 fully saturated rings. The van der Waals surface area contributed by atoms with Crippen molar-refractivity contribution in [2.24, 2.45) is 11.8 Å². The smallest absolute Gasteiger partial charge is 0.227 e. The summed E-state index contributed by atoms with van der Waals surface area (Å²) < 4.78 is 0. The maximum Gasteiger partial charge on any atom is 0.227 e. The van der Waals surface area contributed by atoms with Crippen LogP contribution < -0.4 is 5.32 Å². The van der Waals surface area contributed by atoms with Gasteiger partial charge in [-0.1, -0.05) is 0 Å². The van der Waals surface area contributed by atoms with Crippen LogP contribution >= 0.6 is 0 Å². The molecule has 2 saturated heterocycles. The first kappa shape index (κ1) is 11.9. The van der Waals surface area contributed by atoms with Crippen LogP contribution in [0.3, 0.4) is 0 Å². The molecule has 2 heterocycles. The topological polar surface area (TPSA) is 52.6 Å². The second kappa shape index (κ2) is 5.15. The van der Waals surface area contributed by atoms with Gasteiger partial charge in [0.1, 0.15) is 0 Å². The third-order valence-electron chi connectivity index (χ3n) is 3.94. The summed E-state index contributed by atoms with van der Waals surface area (Å²) in [6, 6.07) is 0. The number of hydrogen-bond acceptors (Lipinski definition) is 3. The highest BCUT2D eigenvalue weighted by Gasteiger charge is 2.30. The first-order chi connectivity index (χ1) is 7.68. The van der Waals surface area contributed by atoms with Crippen LogP contribution in [0.4, 0.5) is 0 Å². The van der Waals surface area contributed by atoms with Gasteiger partial charge in [0.05, 0.1) is 12.0 Å². The van der Waals surface area contributed by atoms with Crippen molar-refractivity contribution in [1.29, 1.82) is 0 Å². The number of nitrogens with one attached hydrogen (secondary N) is 1. The summed E-state index contributed by atoms with van der Waals surface area (Å²) in [5, 5.41) is 12.7. The van der Waals surface area contributed by atoms with E-state index in [-0.39, 0.29) is 12.0 Å². The van der Waals surface area contributed by atoms with Crippen molar-refractivity contribution in [3.05, 3.63) is 0 Å². The van der Waals surface area contributed by atoms with Crippen molar-refractivity contribution in [2.45, 2.75) is 32.3 Å². The van der Waals surface area contributed by atoms with Gasteiger partial charge in [0.25, 0.3) is 0 Å². The average Bonchev–Trinajstić information content (AvgIpc) is 2.81. The Morgan fingerprint density at radius 1 is 1.38 bits per heavy atom. The van der Waals surface area contributed by atoms with Crippen LogP contribution in [0.25, 0.3) is 0 Å². The highest BCUT2D eigenvalue weighted by molar-refractivity contribution is 5.79. The Labute approximate surface area is 97.0 Å². The van der Waals surface area contributed by atoms with Crippen LogP contribution in [0, 0.1) is 11.8 Å². The van der Waals surface area contributed by atoms with Crippen LogP contribution in [0.2, 0.25) is 0 Å². The van der Waals surface area contributed by atoms with Crippen molar-refractivity contribution in [3.63, 3.8) is 0 Å². The van der Waals surface area contributed by atoms with E-state index in [9.17, 15) is 9.90 Å². The number of piperidine rings is 1. The quantitative estimate of drug-likeness (QED) is 0.708. The van der Waals surface area contributed by atoms with Gasteiger partial charge in [-0.2, -0.15) is 0 Å². The standard InChI is InChI=1S/C12H22N2O2/c1-9(15)10-3-6-14(7-4-10)12(16)11-2-5-13-8-11/h9-11,13,15H,2-8H2,1H3/t9-,11+/m1/s1. The maximum atomic E-state index is 12.1. The molecule has 0 aromatic heterocycles. The number of rotatable bonds is 2. The molecule has 92 valence electrons. The lowest BCUT2D eigenvalue weighted by atomic mass is 9.91. The second-order valence-electron chi connectivity index (χ2n) is 5.09. The Kier molecular flexibility index (Phi) is 3.82. The molecule has 0 saturated carbocycles. The zero-order valence-electron chi connectivity index (χ0n) is 9.98. The minimum absolute atomic E-state index is 0.197. The maximum absolute atomic E-state index is 12.1. The molecule has 2 N–H and O–H groups in total. The van der Waals surface area contributed by atoms with E-state index < -0.39 is 0 Å². The summed E-state index contributed by atoms with van der Waals surface area (Å²) in [6.45, 7) is 5.31. The number of amides is 1. The minimum atomic E-state index is -0.231. The number of aliphatic hydroxyl groups excluding tert-OH is 1. The fourth-order valence-corrected chi connectivity index (χ4v) is 2.73. The van der Waals surface area contributed by atoms with E-state index in [1.165, 1.54) is 0 Å². The fraction of sp³-hybridized carbons (Fsp3) is 0.917. The number of carbonyl (C=O) groups is 1. The Bertz CT molecular complexity index is 241. The van der Waals surface area contributed by atoms with Crippen LogP contribution in [-0.2, 0) is 4.79 Å². The Morgan fingerprint density at radius 3 is 2.56 bits per heavy atom. The number of likely N-dealkylation sites (tertiary alicyclic amines) is 1. The third kappa shape index (κ3) is 2.55. The van der Waals surface area contributed by atoms with Crippen LogP contribution in [0.15, 0.2) is 0 Å². The summed E-state index contributed by atoms with van der Waals surface area (Å²) in [4.78, 5) is 14.1. The van der Waals surface area contributed by atoms with Crippen molar-refractivity contribution in [2.75, 3.05) is 26.2 Å². The Hall–Kier alpha value is -0.610. The zero-order chi connectivity index (χ0) is 11.5. The average molecular weight is 226 g/mol. The summed E-state index contributed by atoms with van der Waals surface area (Å²) in [6.07, 6.45) is 2.65. The largest absolute Gasteiger partial charge is 0.393 e. The van der Waals surface area contributed by atoms with Gasteiger partial charge in [0.15, 0.2) is 0 Å². The predicted octanol–water partition coefficient (Wildman–Crippen LogP) is 0.215. The van der Waals surface area contributed by atoms with Gasteiger partial charge in [0, 0.05) is 19.6 Å². The zero-order valence-corrected chi connectivity index (χ0v) is 9.98. The predicted molar refractivity (Wildman–Crippen MR) is 62.0 cm³/mol. The number of nitrogens with zero attached hydrogens (tertiary/aromatic N) is 1. The molecule has 0 aromatic carbocycles. The summed E-state index contributed by atoms with van der Waals surface area (Å²) in [5.41, 5.74) is 0. The third-order valence-corrected chi connectivity index (χ3v) is 3.94. The minimum Gasteiger partial charge on any atom is -0.393 e. The van der Waals surface area contributed by atoms with Gasteiger partial charge in [-0.25, -0.2) is 0 Å². The lowest BCUT2D eigenvalue weighted by Crippen LogP contribution is -2.43. The first-order valence-electron chi connectivity index (χ1n) is 6.36. The van der Waals surface area contributed by atoms with Crippen LogP contribution in [0.5, 0.6) is 0 Å². The highest BCUT2D eigenvalue weighted by Crippen LogP contribution is 2.22. The van der Waals surface area contributed by atoms with Crippen molar-refractivity contribution < 1.29 is 9.90 Å². The van der Waals surface area contributed by atoms with Gasteiger partial charge in [0.2, 0.25) is 5.91 Å². The molecule has 4 nitrogen and oxygen atoms in total. The van der Waals surface area contributed by atoms with E-state index in [4.69, 9.17) is 0 Å². The van der Waals surface area contributed by atoms with E-state index in [0.717, 1.165) is 45.4 Å². The van der Waals surface area contributed by atoms with E-state index in [0.29, 0.717) is 11.8 Å². The molecular formula is C12H22N2O2. The van der Waals surface area contributed by atoms with Crippen molar-refractivity contribution >= 4 is 5.91 Å². The van der Waals surface area contributed by atoms with Gasteiger partial charge in [-0.05, 0) is 38.6 Å². The number of carbonyl (C=O) groups excluding carboxylic acids is 1. The molecule has 1 amide bonds. The van der Waals surface area contributed by atoms with E-state index in [2.05, 4.69) is 5.32 Å². The molecule has 0 spiro atoms. The number of aliphatic hydroxyl groups is 1. The Balaban J connectivity index is 1.81. The SMILES string of the molecule is C[C@@H](O)C1CCN(C(=O)[C@H]2CCNC2)CC1. The number of hydrogen-bond donors (Lipinski definition) is 2. The molecule has 2 rings (SSSR count). The lowest BCUT2D eigenvalue weighted by molar-refractivity contribution is -0.136. The summed E-state index contributed by atoms with van der Waals surface area (Å²) >= 11 is 0.